The third-order valence-corrected chi connectivity index (χ3v) is 3.02. The zero-order valence-corrected chi connectivity index (χ0v) is 10.2. The minimum absolute atomic E-state index is 0.0872. The van der Waals surface area contributed by atoms with Crippen LogP contribution in [0.4, 0.5) is 10.5 Å². The highest BCUT2D eigenvalue weighted by atomic mass is 16.6. The van der Waals surface area contributed by atoms with Crippen LogP contribution in [-0.4, -0.2) is 23.8 Å². The Morgan fingerprint density at radius 1 is 0.947 bits per heavy atom. The number of amides is 1. The van der Waals surface area contributed by atoms with Crippen molar-refractivity contribution < 1.29 is 9.53 Å². The van der Waals surface area contributed by atoms with Gasteiger partial charge in [-0.15, -0.1) is 0 Å². The van der Waals surface area contributed by atoms with Gasteiger partial charge < -0.3 is 4.74 Å². The first-order chi connectivity index (χ1) is 9.25. The van der Waals surface area contributed by atoms with Crippen LogP contribution in [0.5, 0.6) is 0 Å². The predicted octanol–water partition coefficient (Wildman–Crippen LogP) is 1.79. The molecule has 0 spiro atoms. The van der Waals surface area contributed by atoms with Gasteiger partial charge in [0.25, 0.3) is 5.56 Å². The van der Waals surface area contributed by atoms with Crippen molar-refractivity contribution in [1.29, 1.82) is 0 Å². The lowest BCUT2D eigenvalue weighted by Gasteiger charge is -2.13. The smallest absolute Gasteiger partial charge is 0.414 e. The van der Waals surface area contributed by atoms with Gasteiger partial charge in [0.2, 0.25) is 0 Å². The lowest BCUT2D eigenvalue weighted by Crippen LogP contribution is -2.23. The quantitative estimate of drug-likeness (QED) is 0.823. The molecule has 1 aromatic carbocycles. The second-order valence-electron chi connectivity index (χ2n) is 4.19. The molecule has 1 aliphatic heterocycles. The summed E-state index contributed by atoms with van der Waals surface area (Å²) in [6, 6.07) is 12.2. The summed E-state index contributed by atoms with van der Waals surface area (Å²) in [4.78, 5) is 24.7. The van der Waals surface area contributed by atoms with Crippen LogP contribution < -0.4 is 10.5 Å². The molecule has 1 aromatic heterocycles. The van der Waals surface area contributed by atoms with E-state index in [0.717, 1.165) is 11.4 Å². The molecule has 2 aromatic rings. The minimum Gasteiger partial charge on any atom is -0.447 e. The molecule has 5 nitrogen and oxygen atoms in total. The number of rotatable bonds is 2. The molecule has 0 bridgehead atoms. The van der Waals surface area contributed by atoms with E-state index in [2.05, 4.69) is 0 Å². The Bertz CT molecular complexity index is 661. The molecule has 1 aliphatic rings. The summed E-state index contributed by atoms with van der Waals surface area (Å²) in [6.07, 6.45) is 1.38. The maximum Gasteiger partial charge on any atom is 0.414 e. The Morgan fingerprint density at radius 2 is 1.68 bits per heavy atom. The summed E-state index contributed by atoms with van der Waals surface area (Å²) < 4.78 is 6.43. The molecule has 0 atom stereocenters. The number of cyclic esters (lactones) is 1. The van der Waals surface area contributed by atoms with Crippen LogP contribution in [0, 0.1) is 0 Å². The molecular weight excluding hydrogens is 244 g/mol. The molecule has 19 heavy (non-hydrogen) atoms. The van der Waals surface area contributed by atoms with E-state index in [1.807, 2.05) is 12.1 Å². The van der Waals surface area contributed by atoms with Crippen molar-refractivity contribution in [2.24, 2.45) is 0 Å². The minimum atomic E-state index is -0.329. The fourth-order valence-electron chi connectivity index (χ4n) is 2.06. The number of ether oxygens (including phenoxy) is 1. The van der Waals surface area contributed by atoms with Crippen LogP contribution in [0.3, 0.4) is 0 Å². The first-order valence-electron chi connectivity index (χ1n) is 5.98. The number of carbonyl (C=O) groups is 1. The Labute approximate surface area is 109 Å². The average Bonchev–Trinajstić information content (AvgIpc) is 2.86. The first-order valence-corrected chi connectivity index (χ1v) is 5.98. The normalized spacial score (nSPS) is 14.5. The van der Waals surface area contributed by atoms with E-state index < -0.39 is 0 Å². The number of benzene rings is 1. The van der Waals surface area contributed by atoms with E-state index >= 15 is 0 Å². The van der Waals surface area contributed by atoms with Gasteiger partial charge in [0, 0.05) is 23.6 Å². The van der Waals surface area contributed by atoms with Crippen LogP contribution in [0.25, 0.3) is 5.69 Å². The first kappa shape index (κ1) is 11.5. The van der Waals surface area contributed by atoms with Gasteiger partial charge >= 0.3 is 6.09 Å². The lowest BCUT2D eigenvalue weighted by atomic mass is 10.2. The van der Waals surface area contributed by atoms with Crippen LogP contribution in [0.15, 0.2) is 53.5 Å². The monoisotopic (exact) mass is 256 g/mol. The van der Waals surface area contributed by atoms with Crippen LogP contribution in [0.1, 0.15) is 0 Å². The molecule has 0 aliphatic carbocycles. The van der Waals surface area contributed by atoms with Crippen molar-refractivity contribution in [3.63, 3.8) is 0 Å². The number of carbonyl (C=O) groups excluding carboxylic acids is 1. The number of anilines is 1. The summed E-state index contributed by atoms with van der Waals surface area (Å²) in [5.41, 5.74) is 1.45. The predicted molar refractivity (Wildman–Crippen MR) is 70.7 cm³/mol. The molecule has 0 unspecified atom stereocenters. The summed E-state index contributed by atoms with van der Waals surface area (Å²) >= 11 is 0. The maximum atomic E-state index is 11.7. The SMILES string of the molecule is O=C1OCCN1c1ccc(-n2ccccc2=O)cc1. The van der Waals surface area contributed by atoms with Gasteiger partial charge in [-0.2, -0.15) is 0 Å². The van der Waals surface area contributed by atoms with Gasteiger partial charge in [-0.05, 0) is 30.3 Å². The Morgan fingerprint density at radius 3 is 2.32 bits per heavy atom. The van der Waals surface area contributed by atoms with E-state index in [1.54, 1.807) is 39.9 Å². The third kappa shape index (κ3) is 2.10. The molecule has 3 rings (SSSR count). The van der Waals surface area contributed by atoms with E-state index in [4.69, 9.17) is 4.74 Å². The van der Waals surface area contributed by atoms with Crippen LogP contribution in [0.2, 0.25) is 0 Å². The van der Waals surface area contributed by atoms with E-state index in [-0.39, 0.29) is 11.7 Å². The summed E-state index contributed by atoms with van der Waals surface area (Å²) in [5.74, 6) is 0. The molecule has 1 amide bonds. The molecule has 5 heteroatoms. The Kier molecular flexibility index (Phi) is 2.79. The van der Waals surface area contributed by atoms with Crippen molar-refractivity contribution in [3.8, 4) is 5.69 Å². The third-order valence-electron chi connectivity index (χ3n) is 3.02. The molecule has 1 saturated heterocycles. The molecule has 96 valence electrons. The standard InChI is InChI=1S/C14H12N2O3/c17-13-3-1-2-8-15(13)11-4-6-12(7-5-11)16-9-10-19-14(16)18/h1-8H,9-10H2. The van der Waals surface area contributed by atoms with E-state index in [9.17, 15) is 9.59 Å². The fourth-order valence-corrected chi connectivity index (χ4v) is 2.06. The topological polar surface area (TPSA) is 51.5 Å². The second kappa shape index (κ2) is 4.61. The van der Waals surface area contributed by atoms with Gasteiger partial charge in [0.05, 0.1) is 6.54 Å². The lowest BCUT2D eigenvalue weighted by molar-refractivity contribution is 0.181. The average molecular weight is 256 g/mol. The highest BCUT2D eigenvalue weighted by Crippen LogP contribution is 2.20. The fraction of sp³-hybridized carbons (Fsp3) is 0.143. The highest BCUT2D eigenvalue weighted by molar-refractivity contribution is 5.89. The molecule has 2 heterocycles. The summed E-state index contributed by atoms with van der Waals surface area (Å²) in [7, 11) is 0. The van der Waals surface area contributed by atoms with Gasteiger partial charge in [0.1, 0.15) is 6.61 Å². The van der Waals surface area contributed by atoms with Gasteiger partial charge in [0.15, 0.2) is 0 Å². The zero-order valence-electron chi connectivity index (χ0n) is 10.2. The van der Waals surface area contributed by atoms with Gasteiger partial charge in [-0.1, -0.05) is 6.07 Å². The van der Waals surface area contributed by atoms with Crippen molar-refractivity contribution in [1.82, 2.24) is 4.57 Å². The molecular formula is C14H12N2O3. The van der Waals surface area contributed by atoms with Gasteiger partial charge in [-0.3, -0.25) is 14.3 Å². The number of hydrogen-bond donors (Lipinski definition) is 0. The Hall–Kier alpha value is -2.56. The number of pyridine rings is 1. The van der Waals surface area contributed by atoms with Gasteiger partial charge in [-0.25, -0.2) is 4.79 Å². The van der Waals surface area contributed by atoms with Crippen LogP contribution >= 0.6 is 0 Å². The molecule has 0 N–H and O–H groups in total. The Balaban J connectivity index is 1.93. The van der Waals surface area contributed by atoms with Crippen molar-refractivity contribution in [3.05, 3.63) is 59.0 Å². The zero-order chi connectivity index (χ0) is 13.2. The molecule has 0 radical (unpaired) electrons. The summed E-state index contributed by atoms with van der Waals surface area (Å²) in [6.45, 7) is 0.974. The number of aromatic nitrogens is 1. The highest BCUT2D eigenvalue weighted by Gasteiger charge is 2.23. The van der Waals surface area contributed by atoms with E-state index in [1.165, 1.54) is 6.07 Å². The van der Waals surface area contributed by atoms with Crippen LogP contribution in [-0.2, 0) is 4.74 Å². The molecule has 0 saturated carbocycles. The number of hydrogen-bond acceptors (Lipinski definition) is 3. The van der Waals surface area contributed by atoms with Crippen molar-refractivity contribution in [2.45, 2.75) is 0 Å². The second-order valence-corrected chi connectivity index (χ2v) is 4.19. The van der Waals surface area contributed by atoms with E-state index in [0.29, 0.717) is 13.2 Å². The van der Waals surface area contributed by atoms with Crippen molar-refractivity contribution >= 4 is 11.8 Å². The molecule has 1 fully saturated rings. The maximum absolute atomic E-state index is 11.7. The summed E-state index contributed by atoms with van der Waals surface area (Å²) in [5, 5.41) is 0. The largest absolute Gasteiger partial charge is 0.447 e. The van der Waals surface area contributed by atoms with Crippen molar-refractivity contribution in [2.75, 3.05) is 18.1 Å². The number of nitrogens with zero attached hydrogens (tertiary/aromatic N) is 2.